The smallest absolute Gasteiger partial charge is 0.396 e. The van der Waals surface area contributed by atoms with Gasteiger partial charge in [0.1, 0.15) is 5.82 Å². The molecule has 0 fully saturated rings. The lowest BCUT2D eigenvalue weighted by atomic mass is 10.1. The van der Waals surface area contributed by atoms with Crippen molar-refractivity contribution >= 4 is 5.69 Å². The maximum absolute atomic E-state index is 13.2. The average Bonchev–Trinajstić information content (AvgIpc) is 2.31. The van der Waals surface area contributed by atoms with Crippen molar-refractivity contribution in [3.05, 3.63) is 39.5 Å². The molecular weight excluding hydrogens is 264 g/mol. The molecule has 19 heavy (non-hydrogen) atoms. The molecule has 2 N–H and O–H groups in total. The van der Waals surface area contributed by atoms with Gasteiger partial charge in [0.25, 0.3) is 0 Å². The first-order valence-corrected chi connectivity index (χ1v) is 5.02. The highest BCUT2D eigenvalue weighted by Gasteiger charge is 2.34. The molecule has 0 atom stereocenters. The summed E-state index contributed by atoms with van der Waals surface area (Å²) in [6.45, 7) is 0.0301. The Bertz CT molecular complexity index is 577. The van der Waals surface area contributed by atoms with Crippen LogP contribution >= 0.6 is 0 Å². The van der Waals surface area contributed by atoms with E-state index in [1.165, 1.54) is 0 Å². The molecule has 1 aromatic rings. The van der Waals surface area contributed by atoms with Crippen LogP contribution in [-0.2, 0) is 6.18 Å². The highest BCUT2D eigenvalue weighted by Crippen LogP contribution is 2.33. The Morgan fingerprint density at radius 3 is 2.63 bits per heavy atom. The van der Waals surface area contributed by atoms with Crippen molar-refractivity contribution in [3.63, 3.8) is 0 Å². The maximum Gasteiger partial charge on any atom is 0.417 e. The van der Waals surface area contributed by atoms with Crippen molar-refractivity contribution in [2.75, 3.05) is 12.3 Å². The number of hydrogen-bond donors (Lipinski definition) is 1. The third-order valence-electron chi connectivity index (χ3n) is 2.07. The number of nitrogens with two attached hydrogens (primary N) is 1. The molecule has 0 bridgehead atoms. The van der Waals surface area contributed by atoms with Crippen LogP contribution in [-0.4, -0.2) is 6.54 Å². The molecule has 4 nitrogen and oxygen atoms in total. The average molecular weight is 272 g/mol. The van der Waals surface area contributed by atoms with Crippen molar-refractivity contribution in [3.8, 4) is 11.8 Å². The van der Waals surface area contributed by atoms with Gasteiger partial charge in [-0.15, -0.1) is 0 Å². The van der Waals surface area contributed by atoms with Gasteiger partial charge in [-0.2, -0.15) is 13.2 Å². The number of hydrogen-bond acceptors (Lipinski definition) is 2. The van der Waals surface area contributed by atoms with E-state index in [2.05, 4.69) is 21.9 Å². The van der Waals surface area contributed by atoms with Crippen LogP contribution in [0.4, 0.5) is 23.2 Å². The Labute approximate surface area is 105 Å². The topological polar surface area (TPSA) is 74.8 Å². The number of rotatable bonds is 2. The Morgan fingerprint density at radius 1 is 1.37 bits per heavy atom. The molecule has 0 aliphatic heterocycles. The Kier molecular flexibility index (Phi) is 4.62. The third kappa shape index (κ3) is 4.08. The number of halogens is 4. The van der Waals surface area contributed by atoms with Gasteiger partial charge in [0, 0.05) is 23.4 Å². The van der Waals surface area contributed by atoms with E-state index in [-0.39, 0.29) is 13.0 Å². The van der Waals surface area contributed by atoms with Crippen LogP contribution in [0, 0.1) is 17.7 Å². The second-order valence-electron chi connectivity index (χ2n) is 3.42. The molecule has 0 aliphatic carbocycles. The summed E-state index contributed by atoms with van der Waals surface area (Å²) in [5, 5.41) is 3.17. The quantitative estimate of drug-likeness (QED) is 0.167. The molecule has 0 amide bonds. The van der Waals surface area contributed by atoms with Gasteiger partial charge in [0.05, 0.1) is 11.3 Å². The minimum Gasteiger partial charge on any atom is -0.396 e. The van der Waals surface area contributed by atoms with Crippen molar-refractivity contribution in [1.82, 2.24) is 0 Å². The molecule has 0 saturated carbocycles. The summed E-state index contributed by atoms with van der Waals surface area (Å²) in [4.78, 5) is 2.46. The number of alkyl halides is 3. The van der Waals surface area contributed by atoms with Crippen molar-refractivity contribution in [2.24, 2.45) is 5.11 Å². The van der Waals surface area contributed by atoms with Gasteiger partial charge in [-0.3, -0.25) is 0 Å². The monoisotopic (exact) mass is 272 g/mol. The van der Waals surface area contributed by atoms with E-state index in [1.807, 2.05) is 0 Å². The first-order chi connectivity index (χ1) is 8.86. The molecule has 0 radical (unpaired) electrons. The van der Waals surface area contributed by atoms with Gasteiger partial charge in [0.15, 0.2) is 0 Å². The van der Waals surface area contributed by atoms with Crippen LogP contribution in [0.2, 0.25) is 0 Å². The minimum atomic E-state index is -4.67. The number of azide groups is 1. The minimum absolute atomic E-state index is 0.0301. The lowest BCUT2D eigenvalue weighted by Crippen LogP contribution is -2.09. The molecule has 1 aromatic carbocycles. The molecule has 8 heteroatoms. The summed E-state index contributed by atoms with van der Waals surface area (Å²) in [6.07, 6.45) is -4.59. The maximum atomic E-state index is 13.2. The molecule has 0 aromatic heterocycles. The van der Waals surface area contributed by atoms with E-state index in [0.29, 0.717) is 12.1 Å². The Balaban J connectivity index is 3.11. The second kappa shape index (κ2) is 5.98. The van der Waals surface area contributed by atoms with E-state index >= 15 is 0 Å². The van der Waals surface area contributed by atoms with E-state index in [0.717, 1.165) is 0 Å². The van der Waals surface area contributed by atoms with Crippen LogP contribution in [0.25, 0.3) is 10.4 Å². The fraction of sp³-hybridized carbons (Fsp3) is 0.273. The highest BCUT2D eigenvalue weighted by molar-refractivity contribution is 5.53. The molecule has 0 aliphatic rings. The lowest BCUT2D eigenvalue weighted by Gasteiger charge is -2.10. The largest absolute Gasteiger partial charge is 0.417 e. The first kappa shape index (κ1) is 14.7. The Hall–Kier alpha value is -2.39. The van der Waals surface area contributed by atoms with E-state index in [4.69, 9.17) is 11.3 Å². The van der Waals surface area contributed by atoms with Gasteiger partial charge < -0.3 is 5.73 Å². The highest BCUT2D eigenvalue weighted by atomic mass is 19.4. The number of benzene rings is 1. The van der Waals surface area contributed by atoms with Crippen molar-refractivity contribution in [2.45, 2.75) is 12.6 Å². The van der Waals surface area contributed by atoms with E-state index in [1.54, 1.807) is 0 Å². The normalized spacial score (nSPS) is 10.3. The zero-order valence-corrected chi connectivity index (χ0v) is 9.50. The van der Waals surface area contributed by atoms with Gasteiger partial charge in [-0.05, 0) is 17.7 Å². The standard InChI is InChI=1S/C11H8F4N4/c12-9-5-7(3-1-2-4-18-19-17)8(6-10(9)16)11(13,14)15/h5-6H,2,4,16H2. The van der Waals surface area contributed by atoms with Crippen molar-refractivity contribution in [1.29, 1.82) is 0 Å². The van der Waals surface area contributed by atoms with Gasteiger partial charge in [0.2, 0.25) is 0 Å². The second-order valence-corrected chi connectivity index (χ2v) is 3.42. The van der Waals surface area contributed by atoms with Gasteiger partial charge in [-0.25, -0.2) is 4.39 Å². The third-order valence-corrected chi connectivity index (χ3v) is 2.07. The molecule has 0 saturated heterocycles. The van der Waals surface area contributed by atoms with Crippen LogP contribution in [0.1, 0.15) is 17.5 Å². The van der Waals surface area contributed by atoms with Crippen LogP contribution in [0.5, 0.6) is 0 Å². The van der Waals surface area contributed by atoms with Crippen LogP contribution < -0.4 is 5.73 Å². The molecule has 0 unspecified atom stereocenters. The summed E-state index contributed by atoms with van der Waals surface area (Å²) in [5.41, 5.74) is 10.9. The summed E-state index contributed by atoms with van der Waals surface area (Å²) in [6, 6.07) is 1.14. The predicted octanol–water partition coefficient (Wildman–Crippen LogP) is 3.48. The first-order valence-electron chi connectivity index (χ1n) is 5.02. The zero-order chi connectivity index (χ0) is 14.5. The van der Waals surface area contributed by atoms with Gasteiger partial charge >= 0.3 is 6.18 Å². The van der Waals surface area contributed by atoms with E-state index in [9.17, 15) is 17.6 Å². The summed E-state index contributed by atoms with van der Waals surface area (Å²) >= 11 is 0. The van der Waals surface area contributed by atoms with Crippen molar-refractivity contribution < 1.29 is 17.6 Å². The summed E-state index contributed by atoms with van der Waals surface area (Å²) in [5.74, 6) is 3.61. The summed E-state index contributed by atoms with van der Waals surface area (Å²) < 4.78 is 51.2. The molecular formula is C11H8F4N4. The van der Waals surface area contributed by atoms with E-state index < -0.39 is 28.8 Å². The number of nitrogens with zero attached hydrogens (tertiary/aromatic N) is 3. The fourth-order valence-corrected chi connectivity index (χ4v) is 1.24. The molecule has 100 valence electrons. The fourth-order valence-electron chi connectivity index (χ4n) is 1.24. The van der Waals surface area contributed by atoms with Gasteiger partial charge in [-0.1, -0.05) is 17.0 Å². The molecule has 0 spiro atoms. The molecule has 1 rings (SSSR count). The van der Waals surface area contributed by atoms with Crippen LogP contribution in [0.15, 0.2) is 17.2 Å². The Morgan fingerprint density at radius 2 is 2.05 bits per heavy atom. The predicted molar refractivity (Wildman–Crippen MR) is 61.3 cm³/mol. The van der Waals surface area contributed by atoms with Crippen LogP contribution in [0.3, 0.4) is 0 Å². The SMILES string of the molecule is [N-]=[N+]=NCCC#Cc1cc(F)c(N)cc1C(F)(F)F. The molecule has 0 heterocycles. The lowest BCUT2D eigenvalue weighted by molar-refractivity contribution is -0.137. The number of anilines is 1. The summed E-state index contributed by atoms with van der Waals surface area (Å²) in [7, 11) is 0. The number of nitrogen functional groups attached to an aromatic ring is 1. The zero-order valence-electron chi connectivity index (χ0n) is 9.50.